The van der Waals surface area contributed by atoms with Gasteiger partial charge in [-0.25, -0.2) is 14.4 Å². The Balaban J connectivity index is 1.88. The van der Waals surface area contributed by atoms with Crippen LogP contribution >= 0.6 is 0 Å². The number of nitrogens with one attached hydrogen (secondary N) is 1. The summed E-state index contributed by atoms with van der Waals surface area (Å²) in [6, 6.07) is 7.46. The summed E-state index contributed by atoms with van der Waals surface area (Å²) >= 11 is 0. The topological polar surface area (TPSA) is 64.1 Å². The van der Waals surface area contributed by atoms with E-state index in [4.69, 9.17) is 4.74 Å². The molecule has 0 fully saturated rings. The van der Waals surface area contributed by atoms with Crippen molar-refractivity contribution in [2.45, 2.75) is 26.5 Å². The standard InChI is InChI=1S/C15H16FN3O2/c1-10-6-13(19-9-18-10)8-17-15(20)11(2)21-14-5-3-4-12(16)7-14/h3-7,9,11H,8H2,1-2H3,(H,17,20). The molecule has 5 nitrogen and oxygen atoms in total. The lowest BCUT2D eigenvalue weighted by atomic mass is 10.3. The second-order valence-electron chi connectivity index (χ2n) is 4.59. The summed E-state index contributed by atoms with van der Waals surface area (Å²) in [4.78, 5) is 19.9. The number of carbonyl (C=O) groups excluding carboxylic acids is 1. The zero-order chi connectivity index (χ0) is 15.2. The Morgan fingerprint density at radius 2 is 2.19 bits per heavy atom. The normalized spacial score (nSPS) is 11.8. The number of hydrogen-bond acceptors (Lipinski definition) is 4. The van der Waals surface area contributed by atoms with Gasteiger partial charge in [0, 0.05) is 11.8 Å². The Morgan fingerprint density at radius 1 is 1.38 bits per heavy atom. The van der Waals surface area contributed by atoms with Crippen LogP contribution in [0.1, 0.15) is 18.3 Å². The number of aryl methyl sites for hydroxylation is 1. The molecule has 1 N–H and O–H groups in total. The van der Waals surface area contributed by atoms with Crippen molar-refractivity contribution in [1.29, 1.82) is 0 Å². The summed E-state index contributed by atoms with van der Waals surface area (Å²) < 4.78 is 18.4. The molecule has 1 aromatic carbocycles. The monoisotopic (exact) mass is 289 g/mol. The predicted octanol–water partition coefficient (Wildman–Crippen LogP) is 2.01. The van der Waals surface area contributed by atoms with Gasteiger partial charge >= 0.3 is 0 Å². The molecule has 0 aliphatic heterocycles. The minimum Gasteiger partial charge on any atom is -0.481 e. The van der Waals surface area contributed by atoms with Crippen LogP contribution in [0.5, 0.6) is 5.75 Å². The van der Waals surface area contributed by atoms with Gasteiger partial charge in [-0.3, -0.25) is 4.79 Å². The number of benzene rings is 1. The summed E-state index contributed by atoms with van der Waals surface area (Å²) in [5.74, 6) is -0.386. The van der Waals surface area contributed by atoms with Crippen LogP contribution in [-0.2, 0) is 11.3 Å². The fourth-order valence-electron chi connectivity index (χ4n) is 1.73. The lowest BCUT2D eigenvalue weighted by Gasteiger charge is -2.14. The van der Waals surface area contributed by atoms with Gasteiger partial charge in [0.15, 0.2) is 6.10 Å². The maximum Gasteiger partial charge on any atom is 0.261 e. The van der Waals surface area contributed by atoms with Crippen molar-refractivity contribution in [3.05, 3.63) is 53.9 Å². The first-order valence-electron chi connectivity index (χ1n) is 6.52. The van der Waals surface area contributed by atoms with Crippen LogP contribution in [-0.4, -0.2) is 22.0 Å². The molecule has 1 unspecified atom stereocenters. The molecule has 1 aromatic heterocycles. The van der Waals surface area contributed by atoms with Gasteiger partial charge < -0.3 is 10.1 Å². The Morgan fingerprint density at radius 3 is 2.90 bits per heavy atom. The highest BCUT2D eigenvalue weighted by molar-refractivity contribution is 5.80. The highest BCUT2D eigenvalue weighted by Gasteiger charge is 2.14. The maximum absolute atomic E-state index is 13.0. The highest BCUT2D eigenvalue weighted by atomic mass is 19.1. The molecule has 0 aliphatic rings. The Labute approximate surface area is 122 Å². The Kier molecular flexibility index (Phi) is 4.81. The third kappa shape index (κ3) is 4.52. The number of carbonyl (C=O) groups is 1. The first-order chi connectivity index (χ1) is 10.0. The van der Waals surface area contributed by atoms with E-state index >= 15 is 0 Å². The van der Waals surface area contributed by atoms with Crippen molar-refractivity contribution < 1.29 is 13.9 Å². The molecule has 110 valence electrons. The quantitative estimate of drug-likeness (QED) is 0.914. The van der Waals surface area contributed by atoms with Crippen LogP contribution in [0, 0.1) is 12.7 Å². The van der Waals surface area contributed by atoms with Crippen LogP contribution in [0.15, 0.2) is 36.7 Å². The Bertz CT molecular complexity index is 634. The van der Waals surface area contributed by atoms with Crippen LogP contribution in [0.2, 0.25) is 0 Å². The summed E-state index contributed by atoms with van der Waals surface area (Å²) in [5.41, 5.74) is 1.55. The summed E-state index contributed by atoms with van der Waals surface area (Å²) in [6.45, 7) is 3.74. The summed E-state index contributed by atoms with van der Waals surface area (Å²) in [5, 5.41) is 2.71. The molecular formula is C15H16FN3O2. The zero-order valence-corrected chi connectivity index (χ0v) is 11.8. The molecule has 6 heteroatoms. The molecule has 0 saturated carbocycles. The Hall–Kier alpha value is -2.50. The number of halogens is 1. The molecule has 0 radical (unpaired) electrons. The summed E-state index contributed by atoms with van der Waals surface area (Å²) in [6.07, 6.45) is 0.721. The van der Waals surface area contributed by atoms with Crippen LogP contribution in [0.3, 0.4) is 0 Å². The molecule has 2 rings (SSSR count). The molecular weight excluding hydrogens is 273 g/mol. The van der Waals surface area contributed by atoms with Gasteiger partial charge in [0.2, 0.25) is 0 Å². The molecule has 1 amide bonds. The molecule has 0 aliphatic carbocycles. The van der Waals surface area contributed by atoms with Crippen molar-refractivity contribution in [2.24, 2.45) is 0 Å². The lowest BCUT2D eigenvalue weighted by Crippen LogP contribution is -2.36. The largest absolute Gasteiger partial charge is 0.481 e. The van der Waals surface area contributed by atoms with E-state index < -0.39 is 11.9 Å². The molecule has 0 spiro atoms. The summed E-state index contributed by atoms with van der Waals surface area (Å²) in [7, 11) is 0. The second kappa shape index (κ2) is 6.78. The molecule has 21 heavy (non-hydrogen) atoms. The van der Waals surface area contributed by atoms with Crippen molar-refractivity contribution in [3.63, 3.8) is 0 Å². The first-order valence-corrected chi connectivity index (χ1v) is 6.52. The van der Waals surface area contributed by atoms with E-state index in [1.165, 1.54) is 24.5 Å². The number of hydrogen-bond donors (Lipinski definition) is 1. The SMILES string of the molecule is Cc1cc(CNC(=O)C(C)Oc2cccc(F)c2)ncn1. The lowest BCUT2D eigenvalue weighted by molar-refractivity contribution is -0.127. The highest BCUT2D eigenvalue weighted by Crippen LogP contribution is 2.13. The van der Waals surface area contributed by atoms with Gasteiger partial charge in [-0.2, -0.15) is 0 Å². The van der Waals surface area contributed by atoms with Crippen molar-refractivity contribution in [1.82, 2.24) is 15.3 Å². The van der Waals surface area contributed by atoms with Gasteiger partial charge in [0.05, 0.1) is 12.2 Å². The van der Waals surface area contributed by atoms with Crippen molar-refractivity contribution in [3.8, 4) is 5.75 Å². The first kappa shape index (κ1) is 14.9. The predicted molar refractivity (Wildman–Crippen MR) is 75.1 cm³/mol. The van der Waals surface area contributed by atoms with E-state index in [1.54, 1.807) is 19.1 Å². The van der Waals surface area contributed by atoms with E-state index in [0.29, 0.717) is 18.0 Å². The van der Waals surface area contributed by atoms with E-state index in [-0.39, 0.29) is 5.91 Å². The number of aromatic nitrogens is 2. The molecule has 0 bridgehead atoms. The van der Waals surface area contributed by atoms with Gasteiger partial charge in [-0.05, 0) is 32.0 Å². The van der Waals surface area contributed by atoms with Crippen molar-refractivity contribution in [2.75, 3.05) is 0 Å². The fourth-order valence-corrected chi connectivity index (χ4v) is 1.73. The van der Waals surface area contributed by atoms with Crippen LogP contribution in [0.25, 0.3) is 0 Å². The van der Waals surface area contributed by atoms with E-state index in [9.17, 15) is 9.18 Å². The molecule has 1 heterocycles. The van der Waals surface area contributed by atoms with Crippen LogP contribution < -0.4 is 10.1 Å². The third-order valence-corrected chi connectivity index (χ3v) is 2.78. The van der Waals surface area contributed by atoms with E-state index in [1.807, 2.05) is 6.92 Å². The van der Waals surface area contributed by atoms with Gasteiger partial charge in [0.1, 0.15) is 17.9 Å². The van der Waals surface area contributed by atoms with Crippen molar-refractivity contribution >= 4 is 5.91 Å². The van der Waals surface area contributed by atoms with Crippen LogP contribution in [0.4, 0.5) is 4.39 Å². The number of rotatable bonds is 5. The molecule has 2 aromatic rings. The molecule has 1 atom stereocenters. The molecule has 0 saturated heterocycles. The average Bonchev–Trinajstić information content (AvgIpc) is 2.45. The van der Waals surface area contributed by atoms with E-state index in [2.05, 4.69) is 15.3 Å². The number of nitrogens with zero attached hydrogens (tertiary/aromatic N) is 2. The minimum absolute atomic E-state index is 0.291. The minimum atomic E-state index is -0.727. The third-order valence-electron chi connectivity index (χ3n) is 2.78. The number of ether oxygens (including phenoxy) is 1. The van der Waals surface area contributed by atoms with Gasteiger partial charge in [-0.15, -0.1) is 0 Å². The van der Waals surface area contributed by atoms with E-state index in [0.717, 1.165) is 5.69 Å². The maximum atomic E-state index is 13.0. The second-order valence-corrected chi connectivity index (χ2v) is 4.59. The fraction of sp³-hybridized carbons (Fsp3) is 0.267. The zero-order valence-electron chi connectivity index (χ0n) is 11.8. The average molecular weight is 289 g/mol. The van der Waals surface area contributed by atoms with Gasteiger partial charge in [0.25, 0.3) is 5.91 Å². The smallest absolute Gasteiger partial charge is 0.261 e. The van der Waals surface area contributed by atoms with Gasteiger partial charge in [-0.1, -0.05) is 6.07 Å². The number of amides is 1.